The number of nitrogens with zero attached hydrogens (tertiary/aromatic N) is 1. The summed E-state index contributed by atoms with van der Waals surface area (Å²) >= 11 is 0. The maximum Gasteiger partial charge on any atom is 0.128 e. The van der Waals surface area contributed by atoms with Crippen LogP contribution in [0.4, 0.5) is 14.5 Å². The molecule has 0 radical (unpaired) electrons. The van der Waals surface area contributed by atoms with E-state index in [1.54, 1.807) is 0 Å². The molecule has 1 atom stereocenters. The first-order valence-electron chi connectivity index (χ1n) is 6.09. The fourth-order valence-electron chi connectivity index (χ4n) is 3.02. The van der Waals surface area contributed by atoms with Gasteiger partial charge in [0.05, 0.1) is 0 Å². The van der Waals surface area contributed by atoms with E-state index < -0.39 is 11.6 Å². The van der Waals surface area contributed by atoms with Crippen molar-refractivity contribution in [3.8, 4) is 0 Å². The van der Waals surface area contributed by atoms with Crippen LogP contribution in [-0.4, -0.2) is 26.2 Å². The molecule has 0 amide bonds. The van der Waals surface area contributed by atoms with Gasteiger partial charge in [0.25, 0.3) is 0 Å². The van der Waals surface area contributed by atoms with Crippen LogP contribution in [0.15, 0.2) is 18.2 Å². The monoisotopic (exact) mass is 238 g/mol. The predicted molar refractivity (Wildman–Crippen MR) is 63.1 cm³/mol. The lowest BCUT2D eigenvalue weighted by Gasteiger charge is -2.24. The standard InChI is InChI=1S/C13H16F2N2/c14-10-5-11(15)7-12(6-10)17-4-2-13(9-17)1-3-16-8-13/h5-7,16H,1-4,8-9H2. The molecule has 0 saturated carbocycles. The Bertz CT molecular complexity index is 407. The van der Waals surface area contributed by atoms with E-state index in [0.717, 1.165) is 38.7 Å². The molecule has 1 aromatic rings. The van der Waals surface area contributed by atoms with Crippen LogP contribution in [0.3, 0.4) is 0 Å². The maximum absolute atomic E-state index is 13.2. The number of rotatable bonds is 1. The lowest BCUT2D eigenvalue weighted by Crippen LogP contribution is -2.29. The molecule has 2 nitrogen and oxygen atoms in total. The summed E-state index contributed by atoms with van der Waals surface area (Å²) in [7, 11) is 0. The van der Waals surface area contributed by atoms with Gasteiger partial charge in [-0.05, 0) is 31.5 Å². The lowest BCUT2D eigenvalue weighted by molar-refractivity contribution is 0.369. The van der Waals surface area contributed by atoms with Crippen LogP contribution in [0, 0.1) is 17.0 Å². The highest BCUT2D eigenvalue weighted by Crippen LogP contribution is 2.38. The molecule has 0 aromatic heterocycles. The maximum atomic E-state index is 13.2. The Morgan fingerprint density at radius 3 is 2.53 bits per heavy atom. The van der Waals surface area contributed by atoms with Gasteiger partial charge in [0.15, 0.2) is 0 Å². The SMILES string of the molecule is Fc1cc(F)cc(N2CCC3(CCNC3)C2)c1. The number of hydrogen-bond acceptors (Lipinski definition) is 2. The zero-order chi connectivity index (χ0) is 11.9. The van der Waals surface area contributed by atoms with Crippen LogP contribution in [0.25, 0.3) is 0 Å². The Hall–Kier alpha value is -1.16. The van der Waals surface area contributed by atoms with Gasteiger partial charge in [-0.15, -0.1) is 0 Å². The average Bonchev–Trinajstić information content (AvgIpc) is 2.88. The Balaban J connectivity index is 1.81. The Morgan fingerprint density at radius 1 is 1.12 bits per heavy atom. The molecule has 1 N–H and O–H groups in total. The minimum Gasteiger partial charge on any atom is -0.371 e. The fourth-order valence-corrected chi connectivity index (χ4v) is 3.02. The normalized spacial score (nSPS) is 28.2. The molecule has 4 heteroatoms. The first-order valence-corrected chi connectivity index (χ1v) is 6.09. The molecule has 0 bridgehead atoms. The van der Waals surface area contributed by atoms with E-state index in [1.807, 2.05) is 0 Å². The number of hydrogen-bond donors (Lipinski definition) is 1. The van der Waals surface area contributed by atoms with Gasteiger partial charge in [-0.1, -0.05) is 0 Å². The third-order valence-electron chi connectivity index (χ3n) is 3.98. The van der Waals surface area contributed by atoms with Crippen LogP contribution in [-0.2, 0) is 0 Å². The quantitative estimate of drug-likeness (QED) is 0.806. The molecule has 0 aliphatic carbocycles. The Kier molecular flexibility index (Phi) is 2.54. The summed E-state index contributed by atoms with van der Waals surface area (Å²) in [5, 5.41) is 3.37. The Morgan fingerprint density at radius 2 is 1.88 bits per heavy atom. The first-order chi connectivity index (χ1) is 8.17. The molecular weight excluding hydrogens is 222 g/mol. The summed E-state index contributed by atoms with van der Waals surface area (Å²) in [6, 6.07) is 3.77. The highest BCUT2D eigenvalue weighted by atomic mass is 19.1. The molecule has 2 aliphatic rings. The fraction of sp³-hybridized carbons (Fsp3) is 0.538. The van der Waals surface area contributed by atoms with Crippen molar-refractivity contribution >= 4 is 5.69 Å². The van der Waals surface area contributed by atoms with Crippen molar-refractivity contribution in [1.82, 2.24) is 5.32 Å². The summed E-state index contributed by atoms with van der Waals surface area (Å²) in [6.07, 6.45) is 2.28. The highest BCUT2D eigenvalue weighted by Gasteiger charge is 2.40. The molecule has 2 heterocycles. The summed E-state index contributed by atoms with van der Waals surface area (Å²) in [4.78, 5) is 2.10. The zero-order valence-corrected chi connectivity index (χ0v) is 9.68. The minimum atomic E-state index is -0.495. The first kappa shape index (κ1) is 11.0. The predicted octanol–water partition coefficient (Wildman–Crippen LogP) is 2.15. The summed E-state index contributed by atoms with van der Waals surface area (Å²) in [5.41, 5.74) is 0.995. The van der Waals surface area contributed by atoms with Gasteiger partial charge in [-0.25, -0.2) is 8.78 Å². The van der Waals surface area contributed by atoms with Gasteiger partial charge >= 0.3 is 0 Å². The van der Waals surface area contributed by atoms with E-state index >= 15 is 0 Å². The van der Waals surface area contributed by atoms with Crippen molar-refractivity contribution in [2.75, 3.05) is 31.1 Å². The second kappa shape index (κ2) is 3.95. The van der Waals surface area contributed by atoms with E-state index in [4.69, 9.17) is 0 Å². The van der Waals surface area contributed by atoms with Crippen LogP contribution in [0.1, 0.15) is 12.8 Å². The van der Waals surface area contributed by atoms with Crippen molar-refractivity contribution in [1.29, 1.82) is 0 Å². The Labute approximate surface area is 99.6 Å². The van der Waals surface area contributed by atoms with Crippen molar-refractivity contribution in [3.63, 3.8) is 0 Å². The van der Waals surface area contributed by atoms with E-state index in [1.165, 1.54) is 18.6 Å². The van der Waals surface area contributed by atoms with Crippen molar-refractivity contribution in [2.45, 2.75) is 12.8 Å². The number of anilines is 1. The van der Waals surface area contributed by atoms with Gasteiger partial charge < -0.3 is 10.2 Å². The van der Waals surface area contributed by atoms with Gasteiger partial charge in [0.1, 0.15) is 11.6 Å². The molecule has 2 saturated heterocycles. The molecule has 1 unspecified atom stereocenters. The summed E-state index contributed by atoms with van der Waals surface area (Å²) in [6.45, 7) is 3.89. The second-order valence-electron chi connectivity index (χ2n) is 5.23. The lowest BCUT2D eigenvalue weighted by atomic mass is 9.86. The van der Waals surface area contributed by atoms with E-state index in [-0.39, 0.29) is 0 Å². The van der Waals surface area contributed by atoms with Gasteiger partial charge in [0.2, 0.25) is 0 Å². The summed E-state index contributed by atoms with van der Waals surface area (Å²) < 4.78 is 26.3. The average molecular weight is 238 g/mol. The van der Waals surface area contributed by atoms with Crippen LogP contribution in [0.2, 0.25) is 0 Å². The molecule has 2 aliphatic heterocycles. The number of nitrogens with one attached hydrogen (secondary N) is 1. The van der Waals surface area contributed by atoms with Gasteiger partial charge in [0, 0.05) is 36.8 Å². The molecule has 17 heavy (non-hydrogen) atoms. The topological polar surface area (TPSA) is 15.3 Å². The largest absolute Gasteiger partial charge is 0.371 e. The molecular formula is C13H16F2N2. The van der Waals surface area contributed by atoms with Crippen molar-refractivity contribution < 1.29 is 8.78 Å². The van der Waals surface area contributed by atoms with Crippen molar-refractivity contribution in [2.24, 2.45) is 5.41 Å². The van der Waals surface area contributed by atoms with Gasteiger partial charge in [-0.2, -0.15) is 0 Å². The minimum absolute atomic E-state index is 0.322. The summed E-state index contributed by atoms with van der Waals surface area (Å²) in [5.74, 6) is -0.990. The van der Waals surface area contributed by atoms with E-state index in [0.29, 0.717) is 11.1 Å². The van der Waals surface area contributed by atoms with Crippen LogP contribution >= 0.6 is 0 Å². The van der Waals surface area contributed by atoms with E-state index in [2.05, 4.69) is 10.2 Å². The third kappa shape index (κ3) is 2.02. The number of halogens is 2. The van der Waals surface area contributed by atoms with Gasteiger partial charge in [-0.3, -0.25) is 0 Å². The molecule has 92 valence electrons. The molecule has 1 aromatic carbocycles. The molecule has 1 spiro atoms. The smallest absolute Gasteiger partial charge is 0.128 e. The number of benzene rings is 1. The van der Waals surface area contributed by atoms with Crippen LogP contribution < -0.4 is 10.2 Å². The third-order valence-corrected chi connectivity index (χ3v) is 3.98. The van der Waals surface area contributed by atoms with Crippen molar-refractivity contribution in [3.05, 3.63) is 29.8 Å². The second-order valence-corrected chi connectivity index (χ2v) is 5.23. The highest BCUT2D eigenvalue weighted by molar-refractivity contribution is 5.48. The molecule has 3 rings (SSSR count). The zero-order valence-electron chi connectivity index (χ0n) is 9.68. The van der Waals surface area contributed by atoms with E-state index in [9.17, 15) is 8.78 Å². The molecule has 2 fully saturated rings. The van der Waals surface area contributed by atoms with Crippen LogP contribution in [0.5, 0.6) is 0 Å².